The van der Waals surface area contributed by atoms with Crippen molar-refractivity contribution < 1.29 is 19.1 Å². The van der Waals surface area contributed by atoms with E-state index >= 15 is 0 Å². The Morgan fingerprint density at radius 2 is 2.09 bits per heavy atom. The second-order valence-corrected chi connectivity index (χ2v) is 1.62. The van der Waals surface area contributed by atoms with Gasteiger partial charge in [0, 0.05) is 6.08 Å². The number of carbonyl (C=O) groups is 2. The van der Waals surface area contributed by atoms with Crippen molar-refractivity contribution in [3.63, 3.8) is 0 Å². The molecule has 0 aromatic carbocycles. The van der Waals surface area contributed by atoms with E-state index < -0.39 is 11.8 Å². The summed E-state index contributed by atoms with van der Waals surface area (Å²) in [5, 5.41) is 0. The fourth-order valence-electron chi connectivity index (χ4n) is 0.400. The van der Waals surface area contributed by atoms with Crippen molar-refractivity contribution >= 4 is 11.8 Å². The van der Waals surface area contributed by atoms with Gasteiger partial charge in [-0.1, -0.05) is 0 Å². The van der Waals surface area contributed by atoms with Crippen LogP contribution < -0.4 is 0 Å². The highest BCUT2D eigenvalue weighted by atomic mass is 16.5. The van der Waals surface area contributed by atoms with Crippen LogP contribution >= 0.6 is 0 Å². The number of hydrogen-bond donors (Lipinski definition) is 0. The number of esters is 1. The summed E-state index contributed by atoms with van der Waals surface area (Å²) >= 11 is 0. The van der Waals surface area contributed by atoms with E-state index in [1.165, 1.54) is 7.11 Å². The molecule has 0 spiro atoms. The molecule has 0 radical (unpaired) electrons. The van der Waals surface area contributed by atoms with Crippen molar-refractivity contribution in [2.45, 2.75) is 6.92 Å². The maximum absolute atomic E-state index is 10.7. The molecule has 0 heterocycles. The van der Waals surface area contributed by atoms with E-state index in [-0.39, 0.29) is 6.61 Å². The zero-order valence-electron chi connectivity index (χ0n) is 6.49. The third-order valence-corrected chi connectivity index (χ3v) is 0.832. The third kappa shape index (κ3) is 4.13. The summed E-state index contributed by atoms with van der Waals surface area (Å²) < 4.78 is 8.84. The molecule has 0 aromatic heterocycles. The van der Waals surface area contributed by atoms with Crippen LogP contribution in [0.1, 0.15) is 6.92 Å². The van der Waals surface area contributed by atoms with Gasteiger partial charge in [-0.15, -0.1) is 0 Å². The van der Waals surface area contributed by atoms with Crippen LogP contribution in [0.4, 0.5) is 0 Å². The molecule has 0 unspecified atom stereocenters. The molecule has 0 aliphatic heterocycles. The quantitative estimate of drug-likeness (QED) is 0.255. The van der Waals surface area contributed by atoms with Crippen LogP contribution in [0.2, 0.25) is 0 Å². The van der Waals surface area contributed by atoms with Crippen LogP contribution in [0.3, 0.4) is 0 Å². The van der Waals surface area contributed by atoms with E-state index in [0.29, 0.717) is 0 Å². The number of methoxy groups -OCH3 is 1. The third-order valence-electron chi connectivity index (χ3n) is 0.832. The van der Waals surface area contributed by atoms with Crippen LogP contribution in [0.5, 0.6) is 0 Å². The van der Waals surface area contributed by atoms with Crippen LogP contribution in [0, 0.1) is 0 Å². The molecule has 62 valence electrons. The van der Waals surface area contributed by atoms with Gasteiger partial charge in [0.25, 0.3) is 5.78 Å². The lowest BCUT2D eigenvalue weighted by atomic mass is 10.4. The highest BCUT2D eigenvalue weighted by Gasteiger charge is 2.09. The Balaban J connectivity index is 3.83. The SMILES string of the molecule is CCOC(=O)C(=O)C=COC. The summed E-state index contributed by atoms with van der Waals surface area (Å²) in [6.07, 6.45) is 2.14. The first-order valence-electron chi connectivity index (χ1n) is 3.12. The molecular weight excluding hydrogens is 148 g/mol. The van der Waals surface area contributed by atoms with Gasteiger partial charge in [0.05, 0.1) is 20.0 Å². The van der Waals surface area contributed by atoms with Crippen molar-refractivity contribution in [3.8, 4) is 0 Å². The van der Waals surface area contributed by atoms with Gasteiger partial charge in [-0.3, -0.25) is 4.79 Å². The molecule has 0 saturated heterocycles. The molecule has 0 aromatic rings. The number of carbonyl (C=O) groups excluding carboxylic acids is 2. The van der Waals surface area contributed by atoms with Crippen molar-refractivity contribution in [3.05, 3.63) is 12.3 Å². The first kappa shape index (κ1) is 9.68. The van der Waals surface area contributed by atoms with E-state index in [2.05, 4.69) is 9.47 Å². The fraction of sp³-hybridized carbons (Fsp3) is 0.429. The largest absolute Gasteiger partial charge is 0.504 e. The Morgan fingerprint density at radius 1 is 1.45 bits per heavy atom. The van der Waals surface area contributed by atoms with Gasteiger partial charge in [0.2, 0.25) is 0 Å². The minimum atomic E-state index is -0.860. The van der Waals surface area contributed by atoms with Crippen molar-refractivity contribution in [1.29, 1.82) is 0 Å². The van der Waals surface area contributed by atoms with Gasteiger partial charge in [-0.05, 0) is 6.92 Å². The van der Waals surface area contributed by atoms with Crippen molar-refractivity contribution in [2.24, 2.45) is 0 Å². The second-order valence-electron chi connectivity index (χ2n) is 1.62. The highest BCUT2D eigenvalue weighted by Crippen LogP contribution is 1.83. The molecule has 0 saturated carbocycles. The summed E-state index contributed by atoms with van der Waals surface area (Å²) in [6.45, 7) is 1.83. The maximum Gasteiger partial charge on any atom is 0.379 e. The van der Waals surface area contributed by atoms with E-state index in [1.54, 1.807) is 6.92 Å². The predicted octanol–water partition coefficient (Wildman–Crippen LogP) is 0.279. The first-order valence-corrected chi connectivity index (χ1v) is 3.12. The number of rotatable bonds is 4. The number of ether oxygens (including phenoxy) is 2. The van der Waals surface area contributed by atoms with Crippen LogP contribution in [0.25, 0.3) is 0 Å². The Morgan fingerprint density at radius 3 is 2.55 bits per heavy atom. The molecule has 0 rings (SSSR count). The Bertz CT molecular complexity index is 171. The van der Waals surface area contributed by atoms with Crippen molar-refractivity contribution in [1.82, 2.24) is 0 Å². The Labute approximate surface area is 64.8 Å². The summed E-state index contributed by atoms with van der Waals surface area (Å²) in [5.41, 5.74) is 0. The molecule has 0 aliphatic carbocycles. The lowest BCUT2D eigenvalue weighted by molar-refractivity contribution is -0.151. The highest BCUT2D eigenvalue weighted by molar-refractivity contribution is 6.38. The molecule has 4 nitrogen and oxygen atoms in total. The summed E-state index contributed by atoms with van der Waals surface area (Å²) in [4.78, 5) is 21.2. The Hall–Kier alpha value is -1.32. The zero-order valence-corrected chi connectivity index (χ0v) is 6.49. The smallest absolute Gasteiger partial charge is 0.379 e. The monoisotopic (exact) mass is 158 g/mol. The minimum absolute atomic E-state index is 0.200. The molecule has 11 heavy (non-hydrogen) atoms. The average Bonchev–Trinajstić information content (AvgIpc) is 2.00. The van der Waals surface area contributed by atoms with E-state index in [1.807, 2.05) is 0 Å². The van der Waals surface area contributed by atoms with Gasteiger partial charge >= 0.3 is 5.97 Å². The predicted molar refractivity (Wildman–Crippen MR) is 37.8 cm³/mol. The molecule has 0 amide bonds. The second kappa shape index (κ2) is 5.46. The standard InChI is InChI=1S/C7H10O4/c1-3-11-7(9)6(8)4-5-10-2/h4-5H,3H2,1-2H3. The lowest BCUT2D eigenvalue weighted by Gasteiger charge is -1.94. The van der Waals surface area contributed by atoms with Gasteiger partial charge < -0.3 is 9.47 Å². The molecule has 0 fully saturated rings. The first-order chi connectivity index (χ1) is 5.22. The molecular formula is C7H10O4. The molecule has 0 atom stereocenters. The molecule has 0 aliphatic rings. The number of ketones is 1. The molecule has 0 N–H and O–H groups in total. The van der Waals surface area contributed by atoms with E-state index in [9.17, 15) is 9.59 Å². The van der Waals surface area contributed by atoms with Gasteiger partial charge in [-0.25, -0.2) is 4.79 Å². The summed E-state index contributed by atoms with van der Waals surface area (Å²) in [5.74, 6) is -1.57. The Kier molecular flexibility index (Phi) is 4.81. The van der Waals surface area contributed by atoms with E-state index in [0.717, 1.165) is 12.3 Å². The summed E-state index contributed by atoms with van der Waals surface area (Å²) in [6, 6.07) is 0. The molecule has 4 heteroatoms. The normalized spacial score (nSPS) is 9.64. The topological polar surface area (TPSA) is 52.6 Å². The maximum atomic E-state index is 10.7. The van der Waals surface area contributed by atoms with Crippen molar-refractivity contribution in [2.75, 3.05) is 13.7 Å². The number of hydrogen-bond acceptors (Lipinski definition) is 4. The van der Waals surface area contributed by atoms with E-state index in [4.69, 9.17) is 0 Å². The minimum Gasteiger partial charge on any atom is -0.504 e. The van der Waals surface area contributed by atoms with Crippen LogP contribution in [0.15, 0.2) is 12.3 Å². The van der Waals surface area contributed by atoms with Crippen LogP contribution in [-0.2, 0) is 19.1 Å². The van der Waals surface area contributed by atoms with Gasteiger partial charge in [0.15, 0.2) is 0 Å². The lowest BCUT2D eigenvalue weighted by Crippen LogP contribution is -2.14. The van der Waals surface area contributed by atoms with Gasteiger partial charge in [-0.2, -0.15) is 0 Å². The average molecular weight is 158 g/mol. The summed E-state index contributed by atoms with van der Waals surface area (Å²) in [7, 11) is 1.38. The molecule has 0 bridgehead atoms. The van der Waals surface area contributed by atoms with Crippen LogP contribution in [-0.4, -0.2) is 25.5 Å². The van der Waals surface area contributed by atoms with Gasteiger partial charge in [0.1, 0.15) is 0 Å². The zero-order chi connectivity index (χ0) is 8.69. The fourth-order valence-corrected chi connectivity index (χ4v) is 0.400.